The standard InChI is InChI=1S/C10H22BrNO2S/c1-4-6-15(13,14)7-5-12-10(3)8-9(2)11/h9-10,12H,4-8H2,1-3H3. The molecule has 3 nitrogen and oxygen atoms in total. The van der Waals surface area contributed by atoms with Crippen LogP contribution in [0.1, 0.15) is 33.6 Å². The summed E-state index contributed by atoms with van der Waals surface area (Å²) in [7, 11) is -2.83. The molecule has 0 aliphatic carbocycles. The molecule has 0 heterocycles. The Labute approximate surface area is 102 Å². The van der Waals surface area contributed by atoms with Gasteiger partial charge in [-0.3, -0.25) is 0 Å². The highest BCUT2D eigenvalue weighted by Crippen LogP contribution is 2.06. The third-order valence-corrected chi connectivity index (χ3v) is 4.33. The van der Waals surface area contributed by atoms with Crippen LogP contribution in [-0.4, -0.2) is 37.3 Å². The van der Waals surface area contributed by atoms with Gasteiger partial charge in [0.25, 0.3) is 0 Å². The molecule has 0 saturated carbocycles. The molecule has 1 N–H and O–H groups in total. The third-order valence-electron chi connectivity index (χ3n) is 2.10. The van der Waals surface area contributed by atoms with E-state index >= 15 is 0 Å². The van der Waals surface area contributed by atoms with E-state index in [1.165, 1.54) is 0 Å². The van der Waals surface area contributed by atoms with Gasteiger partial charge in [-0.25, -0.2) is 8.42 Å². The van der Waals surface area contributed by atoms with Crippen molar-refractivity contribution in [2.75, 3.05) is 18.1 Å². The summed E-state index contributed by atoms with van der Waals surface area (Å²) in [6.45, 7) is 6.61. The first-order chi connectivity index (χ1) is 6.87. The largest absolute Gasteiger partial charge is 0.313 e. The van der Waals surface area contributed by atoms with Crippen LogP contribution < -0.4 is 5.32 Å². The van der Waals surface area contributed by atoms with Gasteiger partial charge in [0, 0.05) is 23.2 Å². The van der Waals surface area contributed by atoms with Gasteiger partial charge in [0.1, 0.15) is 0 Å². The molecule has 0 amide bonds. The number of halogens is 1. The monoisotopic (exact) mass is 299 g/mol. The van der Waals surface area contributed by atoms with Crippen molar-refractivity contribution in [3.63, 3.8) is 0 Å². The average molecular weight is 300 g/mol. The molecular weight excluding hydrogens is 278 g/mol. The van der Waals surface area contributed by atoms with Crippen molar-refractivity contribution in [3.8, 4) is 0 Å². The molecule has 0 spiro atoms. The first kappa shape index (κ1) is 15.4. The number of sulfone groups is 1. The molecule has 0 radical (unpaired) electrons. The molecule has 2 unspecified atom stereocenters. The smallest absolute Gasteiger partial charge is 0.151 e. The van der Waals surface area contributed by atoms with E-state index in [1.807, 2.05) is 6.92 Å². The fraction of sp³-hybridized carbons (Fsp3) is 1.00. The summed E-state index contributed by atoms with van der Waals surface area (Å²) in [6, 6.07) is 0.358. The Bertz CT molecular complexity index is 252. The maximum absolute atomic E-state index is 11.4. The van der Waals surface area contributed by atoms with E-state index in [0.717, 1.165) is 6.42 Å². The quantitative estimate of drug-likeness (QED) is 0.697. The lowest BCUT2D eigenvalue weighted by Gasteiger charge is -2.14. The minimum atomic E-state index is -2.83. The van der Waals surface area contributed by atoms with Crippen molar-refractivity contribution < 1.29 is 8.42 Å². The van der Waals surface area contributed by atoms with Crippen LogP contribution >= 0.6 is 15.9 Å². The van der Waals surface area contributed by atoms with Gasteiger partial charge in [-0.2, -0.15) is 0 Å². The van der Waals surface area contributed by atoms with Crippen LogP contribution in [0.5, 0.6) is 0 Å². The zero-order valence-electron chi connectivity index (χ0n) is 9.79. The van der Waals surface area contributed by atoms with Crippen LogP contribution in [0.3, 0.4) is 0 Å². The Balaban J connectivity index is 3.70. The minimum Gasteiger partial charge on any atom is -0.313 e. The van der Waals surface area contributed by atoms with Crippen molar-refractivity contribution in [1.82, 2.24) is 5.32 Å². The fourth-order valence-corrected chi connectivity index (χ4v) is 3.26. The van der Waals surface area contributed by atoms with E-state index in [0.29, 0.717) is 29.6 Å². The third kappa shape index (κ3) is 9.33. The summed E-state index contributed by atoms with van der Waals surface area (Å²) >= 11 is 3.47. The van der Waals surface area contributed by atoms with Crippen LogP contribution in [0, 0.1) is 0 Å². The average Bonchev–Trinajstić information content (AvgIpc) is 2.01. The Morgan fingerprint density at radius 1 is 1.27 bits per heavy atom. The lowest BCUT2D eigenvalue weighted by atomic mass is 10.2. The van der Waals surface area contributed by atoms with Crippen LogP contribution in [0.25, 0.3) is 0 Å². The predicted molar refractivity (Wildman–Crippen MR) is 69.4 cm³/mol. The van der Waals surface area contributed by atoms with Crippen molar-refractivity contribution in [1.29, 1.82) is 0 Å². The Morgan fingerprint density at radius 3 is 2.33 bits per heavy atom. The molecule has 0 aliphatic rings. The maximum Gasteiger partial charge on any atom is 0.151 e. The molecule has 5 heteroatoms. The molecule has 0 fully saturated rings. The lowest BCUT2D eigenvalue weighted by molar-refractivity contribution is 0.527. The zero-order chi connectivity index (χ0) is 11.9. The molecule has 0 aromatic carbocycles. The molecule has 0 aliphatic heterocycles. The summed E-state index contributed by atoms with van der Waals surface area (Å²) in [5, 5.41) is 3.22. The van der Waals surface area contributed by atoms with Crippen LogP contribution in [0.2, 0.25) is 0 Å². The predicted octanol–water partition coefficient (Wildman–Crippen LogP) is 1.96. The van der Waals surface area contributed by atoms with Gasteiger partial charge >= 0.3 is 0 Å². The van der Waals surface area contributed by atoms with Gasteiger partial charge in [-0.15, -0.1) is 0 Å². The molecular formula is C10H22BrNO2S. The fourth-order valence-electron chi connectivity index (χ4n) is 1.44. The van der Waals surface area contributed by atoms with Gasteiger partial charge < -0.3 is 5.32 Å². The number of hydrogen-bond acceptors (Lipinski definition) is 3. The molecule has 92 valence electrons. The molecule has 0 rings (SSSR count). The van der Waals surface area contributed by atoms with Gasteiger partial charge in [0.05, 0.1) is 5.75 Å². The number of alkyl halides is 1. The van der Waals surface area contributed by atoms with Crippen molar-refractivity contribution in [2.45, 2.75) is 44.5 Å². The van der Waals surface area contributed by atoms with Crippen LogP contribution in [0.4, 0.5) is 0 Å². The maximum atomic E-state index is 11.4. The van der Waals surface area contributed by atoms with Crippen molar-refractivity contribution in [2.24, 2.45) is 0 Å². The van der Waals surface area contributed by atoms with Crippen molar-refractivity contribution in [3.05, 3.63) is 0 Å². The summed E-state index contributed by atoms with van der Waals surface area (Å²) in [4.78, 5) is 0.465. The first-order valence-electron chi connectivity index (χ1n) is 5.45. The highest BCUT2D eigenvalue weighted by molar-refractivity contribution is 9.09. The second-order valence-corrected chi connectivity index (χ2v) is 7.89. The molecule has 0 aromatic heterocycles. The van der Waals surface area contributed by atoms with Gasteiger partial charge in [0.15, 0.2) is 9.84 Å². The Kier molecular flexibility index (Phi) is 7.83. The number of nitrogens with one attached hydrogen (secondary N) is 1. The minimum absolute atomic E-state index is 0.252. The zero-order valence-corrected chi connectivity index (χ0v) is 12.2. The normalized spacial score (nSPS) is 16.3. The lowest BCUT2D eigenvalue weighted by Crippen LogP contribution is -2.32. The molecule has 15 heavy (non-hydrogen) atoms. The van der Waals surface area contributed by atoms with Gasteiger partial charge in [-0.05, 0) is 19.8 Å². The topological polar surface area (TPSA) is 46.2 Å². The van der Waals surface area contributed by atoms with E-state index in [-0.39, 0.29) is 5.75 Å². The molecule has 0 aromatic rings. The van der Waals surface area contributed by atoms with E-state index in [2.05, 4.69) is 35.1 Å². The summed E-state index contributed by atoms with van der Waals surface area (Å²) in [5.41, 5.74) is 0. The first-order valence-corrected chi connectivity index (χ1v) is 8.19. The van der Waals surface area contributed by atoms with E-state index in [1.54, 1.807) is 0 Å². The van der Waals surface area contributed by atoms with E-state index < -0.39 is 9.84 Å². The molecule has 0 bridgehead atoms. The molecule has 2 atom stereocenters. The Hall–Kier alpha value is 0.390. The van der Waals surface area contributed by atoms with E-state index in [9.17, 15) is 8.42 Å². The van der Waals surface area contributed by atoms with Gasteiger partial charge in [-0.1, -0.05) is 29.8 Å². The van der Waals surface area contributed by atoms with E-state index in [4.69, 9.17) is 0 Å². The number of hydrogen-bond donors (Lipinski definition) is 1. The van der Waals surface area contributed by atoms with Crippen LogP contribution in [-0.2, 0) is 9.84 Å². The summed E-state index contributed by atoms with van der Waals surface area (Å²) in [5.74, 6) is 0.555. The highest BCUT2D eigenvalue weighted by atomic mass is 79.9. The second-order valence-electron chi connectivity index (χ2n) is 4.02. The van der Waals surface area contributed by atoms with Crippen molar-refractivity contribution >= 4 is 25.8 Å². The Morgan fingerprint density at radius 2 is 1.87 bits per heavy atom. The summed E-state index contributed by atoms with van der Waals surface area (Å²) < 4.78 is 22.8. The van der Waals surface area contributed by atoms with Gasteiger partial charge in [0.2, 0.25) is 0 Å². The molecule has 0 saturated heterocycles. The summed E-state index contributed by atoms with van der Waals surface area (Å²) in [6.07, 6.45) is 1.71. The van der Waals surface area contributed by atoms with Crippen LogP contribution in [0.15, 0.2) is 0 Å². The second kappa shape index (κ2) is 7.63. The number of rotatable bonds is 8. The SMILES string of the molecule is CCCS(=O)(=O)CCNC(C)CC(C)Br. The highest BCUT2D eigenvalue weighted by Gasteiger charge is 2.10.